The molecule has 1 aromatic carbocycles. The van der Waals surface area contributed by atoms with Gasteiger partial charge < -0.3 is 20.7 Å². The van der Waals surface area contributed by atoms with Crippen LogP contribution in [0.1, 0.15) is 0 Å². The van der Waals surface area contributed by atoms with E-state index in [1.54, 1.807) is 30.1 Å². The van der Waals surface area contributed by atoms with E-state index in [4.69, 9.17) is 10.5 Å². The third-order valence-electron chi connectivity index (χ3n) is 2.83. The molecule has 0 aromatic heterocycles. The number of carbonyl (C=O) groups excluding carboxylic acids is 2. The first kappa shape index (κ1) is 14.7. The van der Waals surface area contributed by atoms with Crippen molar-refractivity contribution in [2.24, 2.45) is 5.73 Å². The van der Waals surface area contributed by atoms with Crippen LogP contribution >= 0.6 is 11.8 Å². The minimum absolute atomic E-state index is 0.0211. The van der Waals surface area contributed by atoms with Crippen molar-refractivity contribution in [2.75, 3.05) is 41.9 Å². The monoisotopic (exact) mass is 295 g/mol. The van der Waals surface area contributed by atoms with E-state index in [1.807, 2.05) is 0 Å². The Balaban J connectivity index is 2.01. The maximum absolute atomic E-state index is 11.7. The van der Waals surface area contributed by atoms with E-state index in [0.29, 0.717) is 29.4 Å². The molecule has 2 rings (SSSR count). The Labute approximate surface area is 121 Å². The number of thioether (sulfide) groups is 1. The molecule has 108 valence electrons. The Bertz CT molecular complexity index is 522. The van der Waals surface area contributed by atoms with Crippen molar-refractivity contribution in [3.63, 3.8) is 0 Å². The normalized spacial score (nSPS) is 13.7. The second kappa shape index (κ2) is 6.62. The minimum atomic E-state index is -0.0903. The van der Waals surface area contributed by atoms with Crippen LogP contribution in [0.25, 0.3) is 0 Å². The van der Waals surface area contributed by atoms with E-state index < -0.39 is 0 Å². The van der Waals surface area contributed by atoms with Gasteiger partial charge in [0.25, 0.3) is 5.91 Å². The first-order valence-corrected chi connectivity index (χ1v) is 7.38. The number of benzene rings is 1. The largest absolute Gasteiger partial charge is 0.481 e. The molecule has 1 aliphatic rings. The second-order valence-corrected chi connectivity index (χ2v) is 5.42. The van der Waals surface area contributed by atoms with Gasteiger partial charge in [0.05, 0.1) is 11.4 Å². The Morgan fingerprint density at radius 3 is 3.10 bits per heavy atom. The first-order valence-electron chi connectivity index (χ1n) is 6.23. The van der Waals surface area contributed by atoms with E-state index in [2.05, 4.69) is 5.32 Å². The van der Waals surface area contributed by atoms with Crippen LogP contribution in [0.15, 0.2) is 18.2 Å². The van der Waals surface area contributed by atoms with E-state index >= 15 is 0 Å². The molecule has 3 N–H and O–H groups in total. The van der Waals surface area contributed by atoms with Crippen LogP contribution < -0.4 is 20.7 Å². The maximum Gasteiger partial charge on any atom is 0.264 e. The average molecular weight is 295 g/mol. The Hall–Kier alpha value is -1.73. The van der Waals surface area contributed by atoms with Gasteiger partial charge in [0, 0.05) is 31.1 Å². The average Bonchev–Trinajstić information content (AvgIpc) is 2.43. The number of hydrogen-bond donors (Lipinski definition) is 2. The summed E-state index contributed by atoms with van der Waals surface area (Å²) in [7, 11) is 1.70. The highest BCUT2D eigenvalue weighted by Gasteiger charge is 2.22. The Morgan fingerprint density at radius 2 is 2.35 bits per heavy atom. The van der Waals surface area contributed by atoms with Crippen LogP contribution in [0.3, 0.4) is 0 Å². The zero-order chi connectivity index (χ0) is 14.5. The van der Waals surface area contributed by atoms with E-state index in [-0.39, 0.29) is 18.4 Å². The molecule has 1 aliphatic heterocycles. The van der Waals surface area contributed by atoms with Crippen LogP contribution in [0.4, 0.5) is 11.4 Å². The van der Waals surface area contributed by atoms with Crippen molar-refractivity contribution in [3.8, 4) is 5.75 Å². The lowest BCUT2D eigenvalue weighted by atomic mass is 10.2. The van der Waals surface area contributed by atoms with Gasteiger partial charge in [-0.1, -0.05) is 0 Å². The van der Waals surface area contributed by atoms with Crippen LogP contribution in [0.5, 0.6) is 5.75 Å². The number of hydrogen-bond acceptors (Lipinski definition) is 5. The van der Waals surface area contributed by atoms with Gasteiger partial charge in [0.1, 0.15) is 5.75 Å². The summed E-state index contributed by atoms with van der Waals surface area (Å²) in [5.41, 5.74) is 6.73. The summed E-state index contributed by atoms with van der Waals surface area (Å²) in [5, 5.41) is 2.79. The number of ether oxygens (including phenoxy) is 1. The van der Waals surface area contributed by atoms with Crippen LogP contribution in [-0.4, -0.2) is 43.5 Å². The summed E-state index contributed by atoms with van der Waals surface area (Å²) in [5.74, 6) is 1.55. The number of likely N-dealkylation sites (N-methyl/N-ethyl adjacent to an activating group) is 1. The van der Waals surface area contributed by atoms with Gasteiger partial charge in [-0.05, 0) is 12.1 Å². The molecule has 20 heavy (non-hydrogen) atoms. The Kier molecular flexibility index (Phi) is 4.86. The number of nitrogens with zero attached hydrogens (tertiary/aromatic N) is 1. The topological polar surface area (TPSA) is 84.7 Å². The van der Waals surface area contributed by atoms with Gasteiger partial charge in [0.15, 0.2) is 6.61 Å². The number of amides is 2. The number of fused-ring (bicyclic) bond motifs is 1. The molecule has 7 heteroatoms. The van der Waals surface area contributed by atoms with Crippen molar-refractivity contribution in [1.82, 2.24) is 0 Å². The summed E-state index contributed by atoms with van der Waals surface area (Å²) in [6.45, 7) is 0.582. The molecule has 1 aromatic rings. The second-order valence-electron chi connectivity index (χ2n) is 4.31. The van der Waals surface area contributed by atoms with E-state index in [1.165, 1.54) is 11.8 Å². The third kappa shape index (κ3) is 3.43. The lowest BCUT2D eigenvalue weighted by Gasteiger charge is -2.26. The molecule has 0 saturated carbocycles. The summed E-state index contributed by atoms with van der Waals surface area (Å²) in [6, 6.07) is 5.24. The van der Waals surface area contributed by atoms with Crippen molar-refractivity contribution < 1.29 is 14.3 Å². The molecule has 0 unspecified atom stereocenters. The highest BCUT2D eigenvalue weighted by molar-refractivity contribution is 7.99. The highest BCUT2D eigenvalue weighted by Crippen LogP contribution is 2.33. The zero-order valence-corrected chi connectivity index (χ0v) is 12.0. The molecular formula is C13H17N3O3S. The van der Waals surface area contributed by atoms with Crippen molar-refractivity contribution in [2.45, 2.75) is 0 Å². The summed E-state index contributed by atoms with van der Waals surface area (Å²) < 4.78 is 5.36. The molecule has 0 saturated heterocycles. The molecule has 2 amide bonds. The van der Waals surface area contributed by atoms with E-state index in [0.717, 1.165) is 5.75 Å². The zero-order valence-electron chi connectivity index (χ0n) is 11.2. The molecule has 0 bridgehead atoms. The standard InChI is InChI=1S/C13H17N3O3S/c1-16-10-3-2-9(6-11(10)19-7-13(16)18)15-12(17)8-20-5-4-14/h2-3,6H,4-5,7-8,14H2,1H3,(H,15,17). The third-order valence-corrected chi connectivity index (χ3v) is 3.82. The predicted octanol–water partition coefficient (Wildman–Crippen LogP) is 0.672. The summed E-state index contributed by atoms with van der Waals surface area (Å²) >= 11 is 1.49. The van der Waals surface area contributed by atoms with Crippen molar-refractivity contribution in [3.05, 3.63) is 18.2 Å². The maximum atomic E-state index is 11.7. The number of anilines is 2. The Morgan fingerprint density at radius 1 is 1.55 bits per heavy atom. The fraction of sp³-hybridized carbons (Fsp3) is 0.385. The molecule has 0 aliphatic carbocycles. The lowest BCUT2D eigenvalue weighted by Crippen LogP contribution is -2.35. The first-order chi connectivity index (χ1) is 9.61. The number of carbonyl (C=O) groups is 2. The quantitative estimate of drug-likeness (QED) is 0.780. The van der Waals surface area contributed by atoms with Gasteiger partial charge in [-0.25, -0.2) is 0 Å². The number of nitrogens with one attached hydrogen (secondary N) is 1. The minimum Gasteiger partial charge on any atom is -0.481 e. The molecule has 0 spiro atoms. The fourth-order valence-corrected chi connectivity index (χ4v) is 2.37. The van der Waals surface area contributed by atoms with Gasteiger partial charge in [-0.3, -0.25) is 9.59 Å². The molecule has 0 atom stereocenters. The molecule has 6 nitrogen and oxygen atoms in total. The lowest BCUT2D eigenvalue weighted by molar-refractivity contribution is -0.121. The highest BCUT2D eigenvalue weighted by atomic mass is 32.2. The summed E-state index contributed by atoms with van der Waals surface area (Å²) in [4.78, 5) is 24.7. The van der Waals surface area contributed by atoms with Crippen LogP contribution in [-0.2, 0) is 9.59 Å². The van der Waals surface area contributed by atoms with Gasteiger partial charge in [0.2, 0.25) is 5.91 Å². The SMILES string of the molecule is CN1C(=O)COc2cc(NC(=O)CSCCN)ccc21. The fourth-order valence-electron chi connectivity index (χ4n) is 1.80. The molecule has 0 fully saturated rings. The van der Waals surface area contributed by atoms with Crippen molar-refractivity contribution >= 4 is 35.0 Å². The van der Waals surface area contributed by atoms with Gasteiger partial charge >= 0.3 is 0 Å². The summed E-state index contributed by atoms with van der Waals surface area (Å²) in [6.07, 6.45) is 0. The number of nitrogens with two attached hydrogens (primary N) is 1. The van der Waals surface area contributed by atoms with Crippen LogP contribution in [0, 0.1) is 0 Å². The molecule has 0 radical (unpaired) electrons. The smallest absolute Gasteiger partial charge is 0.264 e. The molecular weight excluding hydrogens is 278 g/mol. The van der Waals surface area contributed by atoms with Gasteiger partial charge in [-0.15, -0.1) is 0 Å². The van der Waals surface area contributed by atoms with Gasteiger partial charge in [-0.2, -0.15) is 11.8 Å². The van der Waals surface area contributed by atoms with Crippen LogP contribution in [0.2, 0.25) is 0 Å². The number of rotatable bonds is 5. The van der Waals surface area contributed by atoms with E-state index in [9.17, 15) is 9.59 Å². The predicted molar refractivity (Wildman–Crippen MR) is 80.4 cm³/mol. The van der Waals surface area contributed by atoms with Crippen molar-refractivity contribution in [1.29, 1.82) is 0 Å². The molecule has 1 heterocycles.